The van der Waals surface area contributed by atoms with Gasteiger partial charge in [-0.2, -0.15) is 0 Å². The molecule has 0 aliphatic rings. The molecule has 0 aliphatic carbocycles. The van der Waals surface area contributed by atoms with Gasteiger partial charge in [0.15, 0.2) is 5.82 Å². The van der Waals surface area contributed by atoms with Crippen molar-refractivity contribution in [3.63, 3.8) is 0 Å². The van der Waals surface area contributed by atoms with Gasteiger partial charge in [-0.15, -0.1) is 0 Å². The zero-order valence-corrected chi connectivity index (χ0v) is 11.5. The smallest absolute Gasteiger partial charge is 0.269 e. The van der Waals surface area contributed by atoms with E-state index < -0.39 is 4.92 Å². The number of benzene rings is 2. The zero-order valence-electron chi connectivity index (χ0n) is 11.5. The van der Waals surface area contributed by atoms with E-state index in [1.165, 1.54) is 12.1 Å². The van der Waals surface area contributed by atoms with E-state index in [1.54, 1.807) is 36.7 Å². The summed E-state index contributed by atoms with van der Waals surface area (Å²) in [6, 6.07) is 13.6. The maximum absolute atomic E-state index is 10.6. The first-order valence-corrected chi connectivity index (χ1v) is 6.56. The van der Waals surface area contributed by atoms with E-state index in [2.05, 4.69) is 9.97 Å². The van der Waals surface area contributed by atoms with Gasteiger partial charge in [-0.3, -0.25) is 10.1 Å². The second-order valence-corrected chi connectivity index (χ2v) is 4.72. The van der Waals surface area contributed by atoms with Crippen LogP contribution in [0.2, 0.25) is 0 Å². The van der Waals surface area contributed by atoms with Gasteiger partial charge in [0.2, 0.25) is 0 Å². The second kappa shape index (κ2) is 5.61. The van der Waals surface area contributed by atoms with Crippen molar-refractivity contribution >= 4 is 11.4 Å². The number of non-ortho nitro benzene ring substituents is 1. The van der Waals surface area contributed by atoms with Crippen molar-refractivity contribution in [3.05, 3.63) is 71.0 Å². The van der Waals surface area contributed by atoms with Crippen LogP contribution in [0.15, 0.2) is 60.9 Å². The number of nitro groups is 1. The number of nitrogen functional groups attached to an aromatic ring is 1. The standard InChI is InChI=1S/C16H12N4O2/c17-14-5-1-12(2-6-14)16-18-9-13(10-19-16)11-3-7-15(8-4-11)20(21)22/h1-10H,17H2. The van der Waals surface area contributed by atoms with Crippen molar-refractivity contribution in [2.45, 2.75) is 0 Å². The topological polar surface area (TPSA) is 94.9 Å². The fourth-order valence-electron chi connectivity index (χ4n) is 2.03. The highest BCUT2D eigenvalue weighted by molar-refractivity contribution is 5.65. The SMILES string of the molecule is Nc1ccc(-c2ncc(-c3ccc([N+](=O)[O-])cc3)cn2)cc1. The minimum atomic E-state index is -0.426. The van der Waals surface area contributed by atoms with Crippen molar-refractivity contribution in [2.75, 3.05) is 5.73 Å². The van der Waals surface area contributed by atoms with Crippen LogP contribution in [0.4, 0.5) is 11.4 Å². The number of hydrogen-bond acceptors (Lipinski definition) is 5. The highest BCUT2D eigenvalue weighted by Gasteiger charge is 2.06. The van der Waals surface area contributed by atoms with E-state index in [4.69, 9.17) is 5.73 Å². The molecule has 0 spiro atoms. The fraction of sp³-hybridized carbons (Fsp3) is 0. The lowest BCUT2D eigenvalue weighted by Crippen LogP contribution is -1.91. The largest absolute Gasteiger partial charge is 0.399 e. The Morgan fingerprint density at radius 3 is 1.91 bits per heavy atom. The monoisotopic (exact) mass is 292 g/mol. The van der Waals surface area contributed by atoms with Gasteiger partial charge in [0.05, 0.1) is 4.92 Å². The van der Waals surface area contributed by atoms with Gasteiger partial charge in [-0.25, -0.2) is 9.97 Å². The van der Waals surface area contributed by atoms with Crippen molar-refractivity contribution in [1.29, 1.82) is 0 Å². The summed E-state index contributed by atoms with van der Waals surface area (Å²) in [5, 5.41) is 10.6. The number of nitro benzene ring substituents is 1. The minimum absolute atomic E-state index is 0.0585. The minimum Gasteiger partial charge on any atom is -0.399 e. The molecule has 2 aromatic carbocycles. The van der Waals surface area contributed by atoms with Crippen molar-refractivity contribution in [2.24, 2.45) is 0 Å². The average Bonchev–Trinajstić information content (AvgIpc) is 2.56. The molecule has 0 amide bonds. The van der Waals surface area contributed by atoms with Gasteiger partial charge in [0, 0.05) is 41.3 Å². The summed E-state index contributed by atoms with van der Waals surface area (Å²) in [5.41, 5.74) is 8.90. The fourth-order valence-corrected chi connectivity index (χ4v) is 2.03. The molecular weight excluding hydrogens is 280 g/mol. The first-order chi connectivity index (χ1) is 10.6. The number of anilines is 1. The highest BCUT2D eigenvalue weighted by atomic mass is 16.6. The first-order valence-electron chi connectivity index (χ1n) is 6.56. The Balaban J connectivity index is 1.87. The number of hydrogen-bond donors (Lipinski definition) is 1. The summed E-state index contributed by atoms with van der Waals surface area (Å²) in [7, 11) is 0. The molecule has 0 radical (unpaired) electrons. The predicted octanol–water partition coefficient (Wildman–Crippen LogP) is 3.30. The maximum atomic E-state index is 10.6. The number of nitrogens with two attached hydrogens (primary N) is 1. The van der Waals surface area contributed by atoms with E-state index in [9.17, 15) is 10.1 Å². The Morgan fingerprint density at radius 2 is 1.36 bits per heavy atom. The second-order valence-electron chi connectivity index (χ2n) is 4.72. The number of aromatic nitrogens is 2. The normalized spacial score (nSPS) is 10.4. The van der Waals surface area contributed by atoms with Gasteiger partial charge in [0.25, 0.3) is 5.69 Å². The van der Waals surface area contributed by atoms with Crippen LogP contribution in [0, 0.1) is 10.1 Å². The molecule has 0 saturated heterocycles. The van der Waals surface area contributed by atoms with Crippen LogP contribution in [-0.2, 0) is 0 Å². The molecule has 6 nitrogen and oxygen atoms in total. The molecule has 3 rings (SSSR count). The molecule has 2 N–H and O–H groups in total. The molecule has 1 heterocycles. The summed E-state index contributed by atoms with van der Waals surface area (Å²) in [6.45, 7) is 0. The van der Waals surface area contributed by atoms with Gasteiger partial charge in [-0.1, -0.05) is 0 Å². The van der Waals surface area contributed by atoms with Gasteiger partial charge in [-0.05, 0) is 42.0 Å². The predicted molar refractivity (Wildman–Crippen MR) is 84.0 cm³/mol. The molecular formula is C16H12N4O2. The number of rotatable bonds is 3. The molecule has 6 heteroatoms. The Labute approximate surface area is 126 Å². The van der Waals surface area contributed by atoms with E-state index in [-0.39, 0.29) is 5.69 Å². The molecule has 22 heavy (non-hydrogen) atoms. The quantitative estimate of drug-likeness (QED) is 0.454. The summed E-state index contributed by atoms with van der Waals surface area (Å²) < 4.78 is 0. The maximum Gasteiger partial charge on any atom is 0.269 e. The molecule has 0 bridgehead atoms. The lowest BCUT2D eigenvalue weighted by Gasteiger charge is -2.03. The summed E-state index contributed by atoms with van der Waals surface area (Å²) in [5.74, 6) is 0.602. The molecule has 0 fully saturated rings. The van der Waals surface area contributed by atoms with Gasteiger partial charge >= 0.3 is 0 Å². The van der Waals surface area contributed by atoms with E-state index in [0.717, 1.165) is 16.7 Å². The van der Waals surface area contributed by atoms with Gasteiger partial charge in [0.1, 0.15) is 0 Å². The molecule has 0 aliphatic heterocycles. The lowest BCUT2D eigenvalue weighted by atomic mass is 10.1. The van der Waals surface area contributed by atoms with Crippen LogP contribution < -0.4 is 5.73 Å². The van der Waals surface area contributed by atoms with Crippen LogP contribution in [0.3, 0.4) is 0 Å². The Morgan fingerprint density at radius 1 is 0.818 bits per heavy atom. The Bertz CT molecular complexity index is 797. The third-order valence-electron chi connectivity index (χ3n) is 3.23. The van der Waals surface area contributed by atoms with Crippen LogP contribution in [0.1, 0.15) is 0 Å². The molecule has 0 saturated carbocycles. The van der Waals surface area contributed by atoms with Crippen LogP contribution in [-0.4, -0.2) is 14.9 Å². The van der Waals surface area contributed by atoms with Crippen molar-refractivity contribution < 1.29 is 4.92 Å². The number of nitrogens with zero attached hydrogens (tertiary/aromatic N) is 3. The molecule has 3 aromatic rings. The van der Waals surface area contributed by atoms with Crippen LogP contribution >= 0.6 is 0 Å². The van der Waals surface area contributed by atoms with Crippen molar-refractivity contribution in [1.82, 2.24) is 9.97 Å². The summed E-state index contributed by atoms with van der Waals surface area (Å²) in [6.07, 6.45) is 3.39. The van der Waals surface area contributed by atoms with E-state index in [0.29, 0.717) is 11.5 Å². The first kappa shape index (κ1) is 13.7. The average molecular weight is 292 g/mol. The van der Waals surface area contributed by atoms with Crippen molar-refractivity contribution in [3.8, 4) is 22.5 Å². The zero-order chi connectivity index (χ0) is 15.5. The molecule has 0 unspecified atom stereocenters. The Kier molecular flexibility index (Phi) is 3.49. The van der Waals surface area contributed by atoms with E-state index in [1.807, 2.05) is 12.1 Å². The third-order valence-corrected chi connectivity index (χ3v) is 3.23. The lowest BCUT2D eigenvalue weighted by molar-refractivity contribution is -0.384. The highest BCUT2D eigenvalue weighted by Crippen LogP contribution is 2.23. The van der Waals surface area contributed by atoms with Gasteiger partial charge < -0.3 is 5.73 Å². The molecule has 0 atom stereocenters. The van der Waals surface area contributed by atoms with Crippen LogP contribution in [0.5, 0.6) is 0 Å². The Hall–Kier alpha value is -3.28. The summed E-state index contributed by atoms with van der Waals surface area (Å²) >= 11 is 0. The van der Waals surface area contributed by atoms with E-state index >= 15 is 0 Å². The summed E-state index contributed by atoms with van der Waals surface area (Å²) in [4.78, 5) is 18.9. The van der Waals surface area contributed by atoms with Crippen LogP contribution in [0.25, 0.3) is 22.5 Å². The third kappa shape index (κ3) is 2.76. The molecule has 108 valence electrons. The molecule has 1 aromatic heterocycles.